The minimum Gasteiger partial charge on any atom is -0.443 e. The van der Waals surface area contributed by atoms with E-state index in [0.29, 0.717) is 13.1 Å². The number of hydrogen-bond acceptors (Lipinski definition) is 7. The number of piperidine rings is 1. The van der Waals surface area contributed by atoms with Crippen LogP contribution in [0.2, 0.25) is 0 Å². The van der Waals surface area contributed by atoms with Crippen LogP contribution in [0.5, 0.6) is 0 Å². The fraction of sp³-hybridized carbons (Fsp3) is 0.550. The van der Waals surface area contributed by atoms with Gasteiger partial charge in [0.05, 0.1) is 47.1 Å². The van der Waals surface area contributed by atoms with Gasteiger partial charge in [-0.3, -0.25) is 4.79 Å². The van der Waals surface area contributed by atoms with Crippen LogP contribution in [0.25, 0.3) is 10.2 Å². The molecule has 2 atom stereocenters. The number of carbonyl (C=O) groups excluding carboxylic acids is 2. The van der Waals surface area contributed by atoms with Crippen LogP contribution in [0.3, 0.4) is 0 Å². The van der Waals surface area contributed by atoms with Crippen LogP contribution < -0.4 is 10.2 Å². The number of hydrogen-bond donors (Lipinski definition) is 1. The van der Waals surface area contributed by atoms with Crippen LogP contribution in [-0.4, -0.2) is 80.6 Å². The van der Waals surface area contributed by atoms with E-state index in [2.05, 4.69) is 10.3 Å². The maximum atomic E-state index is 14.8. The number of nitrogens with one attached hydrogen (secondary N) is 1. The molecule has 4 rings (SSSR count). The zero-order valence-electron chi connectivity index (χ0n) is 17.8. The Morgan fingerprint density at radius 3 is 2.61 bits per heavy atom. The van der Waals surface area contributed by atoms with Gasteiger partial charge in [0.15, 0.2) is 6.17 Å². The van der Waals surface area contributed by atoms with Crippen LogP contribution in [0.15, 0.2) is 11.4 Å². The normalized spacial score (nSPS) is 21.8. The van der Waals surface area contributed by atoms with Crippen molar-refractivity contribution in [2.45, 2.75) is 31.0 Å². The minimum atomic E-state index is -4.68. The SMILES string of the molecule is CNC(=O)c1csc2c(C(F)(F)F)cc(N3CC[C@@H](OC(=O)N4CC(OC)C4)[C@H](F)C3)nc12. The summed E-state index contributed by atoms with van der Waals surface area (Å²) in [7, 11) is 2.90. The van der Waals surface area contributed by atoms with E-state index in [1.54, 1.807) is 0 Å². The van der Waals surface area contributed by atoms with Crippen molar-refractivity contribution in [3.8, 4) is 0 Å². The number of halogens is 4. The molecule has 180 valence electrons. The van der Waals surface area contributed by atoms with Gasteiger partial charge in [0.25, 0.3) is 5.91 Å². The van der Waals surface area contributed by atoms with Gasteiger partial charge in [0.1, 0.15) is 11.9 Å². The van der Waals surface area contributed by atoms with Gasteiger partial charge in [-0.2, -0.15) is 13.2 Å². The number of nitrogens with zero attached hydrogens (tertiary/aromatic N) is 3. The van der Waals surface area contributed by atoms with Gasteiger partial charge in [0.2, 0.25) is 0 Å². The molecule has 0 spiro atoms. The molecule has 1 N–H and O–H groups in total. The van der Waals surface area contributed by atoms with Crippen LogP contribution in [0, 0.1) is 0 Å². The number of aromatic nitrogens is 1. The largest absolute Gasteiger partial charge is 0.443 e. The molecule has 0 aromatic carbocycles. The highest BCUT2D eigenvalue weighted by atomic mass is 32.1. The predicted molar refractivity (Wildman–Crippen MR) is 112 cm³/mol. The van der Waals surface area contributed by atoms with E-state index in [1.807, 2.05) is 0 Å². The van der Waals surface area contributed by atoms with E-state index in [1.165, 1.54) is 29.3 Å². The topological polar surface area (TPSA) is 84.0 Å². The van der Waals surface area contributed by atoms with Crippen LogP contribution in [-0.2, 0) is 15.7 Å². The summed E-state index contributed by atoms with van der Waals surface area (Å²) in [5.74, 6) is -0.647. The molecule has 2 aliphatic heterocycles. The smallest absolute Gasteiger partial charge is 0.417 e. The molecule has 13 heteroatoms. The number of anilines is 1. The van der Waals surface area contributed by atoms with Crippen LogP contribution >= 0.6 is 11.3 Å². The zero-order chi connectivity index (χ0) is 23.9. The molecule has 33 heavy (non-hydrogen) atoms. The number of carbonyl (C=O) groups is 2. The van der Waals surface area contributed by atoms with E-state index in [9.17, 15) is 27.2 Å². The summed E-state index contributed by atoms with van der Waals surface area (Å²) in [4.78, 5) is 31.3. The molecule has 0 radical (unpaired) electrons. The average molecular weight is 490 g/mol. The van der Waals surface area contributed by atoms with Gasteiger partial charge in [-0.05, 0) is 6.07 Å². The predicted octanol–water partition coefficient (Wildman–Crippen LogP) is 3.06. The van der Waals surface area contributed by atoms with Crippen molar-refractivity contribution in [1.82, 2.24) is 15.2 Å². The second-order valence-corrected chi connectivity index (χ2v) is 8.75. The summed E-state index contributed by atoms with van der Waals surface area (Å²) in [6.07, 6.45) is -7.93. The summed E-state index contributed by atoms with van der Waals surface area (Å²) >= 11 is 0.779. The van der Waals surface area contributed by atoms with Crippen molar-refractivity contribution in [2.75, 3.05) is 45.2 Å². The van der Waals surface area contributed by atoms with Crippen molar-refractivity contribution in [1.29, 1.82) is 0 Å². The number of likely N-dealkylation sites (tertiary alicyclic amines) is 1. The zero-order valence-corrected chi connectivity index (χ0v) is 18.6. The third kappa shape index (κ3) is 4.56. The van der Waals surface area contributed by atoms with E-state index >= 15 is 0 Å². The second-order valence-electron chi connectivity index (χ2n) is 7.87. The number of amides is 2. The Balaban J connectivity index is 1.53. The highest BCUT2D eigenvalue weighted by Gasteiger charge is 2.39. The first kappa shape index (κ1) is 23.5. The first-order valence-electron chi connectivity index (χ1n) is 10.2. The standard InChI is InChI=1S/C20H22F4N4O4S/c1-25-18(29)11-9-33-17-12(20(22,23)24)5-15(26-16(11)17)27-4-3-14(13(21)8-27)32-19(30)28-6-10(7-28)31-2/h5,9-10,13-14H,3-4,6-8H2,1-2H3,(H,25,29)/t13-,14-/m1/s1. The first-order valence-corrected chi connectivity index (χ1v) is 11.1. The number of ether oxygens (including phenoxy) is 2. The molecule has 0 unspecified atom stereocenters. The van der Waals surface area contributed by atoms with Gasteiger partial charge >= 0.3 is 12.3 Å². The van der Waals surface area contributed by atoms with Crippen molar-refractivity contribution in [3.05, 3.63) is 22.6 Å². The summed E-state index contributed by atoms with van der Waals surface area (Å²) in [5, 5.41) is 3.71. The maximum Gasteiger partial charge on any atom is 0.417 e. The molecule has 4 heterocycles. The minimum absolute atomic E-state index is 0.0226. The lowest BCUT2D eigenvalue weighted by atomic mass is 10.1. The van der Waals surface area contributed by atoms with Crippen LogP contribution in [0.1, 0.15) is 22.3 Å². The summed E-state index contributed by atoms with van der Waals surface area (Å²) < 4.78 is 66.2. The Labute approximate surface area is 190 Å². The Morgan fingerprint density at radius 2 is 2.00 bits per heavy atom. The molecule has 0 bridgehead atoms. The molecule has 0 aliphatic carbocycles. The van der Waals surface area contributed by atoms with Gasteiger partial charge in [-0.25, -0.2) is 14.2 Å². The van der Waals surface area contributed by atoms with Gasteiger partial charge in [-0.15, -0.1) is 11.3 Å². The summed E-state index contributed by atoms with van der Waals surface area (Å²) in [6.45, 7) is 0.565. The average Bonchev–Trinajstić information content (AvgIpc) is 3.16. The fourth-order valence-corrected chi connectivity index (χ4v) is 4.85. The van der Waals surface area contributed by atoms with E-state index in [-0.39, 0.29) is 47.2 Å². The van der Waals surface area contributed by atoms with Crippen LogP contribution in [0.4, 0.5) is 28.2 Å². The number of rotatable bonds is 4. The molecule has 2 fully saturated rings. The van der Waals surface area contributed by atoms with Crippen molar-refractivity contribution in [3.63, 3.8) is 0 Å². The summed E-state index contributed by atoms with van der Waals surface area (Å²) in [6, 6.07) is 0.872. The number of thiophene rings is 1. The highest BCUT2D eigenvalue weighted by Crippen LogP contribution is 2.40. The molecule has 8 nitrogen and oxygen atoms in total. The molecule has 2 saturated heterocycles. The third-order valence-electron chi connectivity index (χ3n) is 5.78. The van der Waals surface area contributed by atoms with Crippen molar-refractivity contribution in [2.24, 2.45) is 0 Å². The van der Waals surface area contributed by atoms with Gasteiger partial charge < -0.3 is 24.6 Å². The Kier molecular flexibility index (Phi) is 6.36. The lowest BCUT2D eigenvalue weighted by Gasteiger charge is -2.40. The Hall–Kier alpha value is -2.67. The molecule has 0 saturated carbocycles. The molecule has 2 aromatic heterocycles. The monoisotopic (exact) mass is 490 g/mol. The molecule has 2 amide bonds. The van der Waals surface area contributed by atoms with E-state index < -0.39 is 36.0 Å². The van der Waals surface area contributed by atoms with Crippen molar-refractivity contribution >= 4 is 39.4 Å². The number of fused-ring (bicyclic) bond motifs is 1. The maximum absolute atomic E-state index is 14.8. The molecular weight excluding hydrogens is 468 g/mol. The fourth-order valence-electron chi connectivity index (χ4n) is 3.83. The quantitative estimate of drug-likeness (QED) is 0.664. The second kappa shape index (κ2) is 8.93. The molecular formula is C20H22F4N4O4S. The number of pyridine rings is 1. The number of alkyl halides is 4. The van der Waals surface area contributed by atoms with Gasteiger partial charge in [-0.1, -0.05) is 0 Å². The van der Waals surface area contributed by atoms with E-state index in [0.717, 1.165) is 17.4 Å². The summed E-state index contributed by atoms with van der Waals surface area (Å²) in [5.41, 5.74) is -0.995. The van der Waals surface area contributed by atoms with Crippen molar-refractivity contribution < 1.29 is 36.6 Å². The van der Waals surface area contributed by atoms with E-state index in [4.69, 9.17) is 9.47 Å². The third-order valence-corrected chi connectivity index (χ3v) is 6.79. The number of methoxy groups -OCH3 is 1. The molecule has 2 aliphatic rings. The lowest BCUT2D eigenvalue weighted by molar-refractivity contribution is -0.136. The first-order chi connectivity index (χ1) is 15.6. The Bertz CT molecular complexity index is 1060. The molecule has 2 aromatic rings. The Morgan fingerprint density at radius 1 is 1.27 bits per heavy atom. The highest BCUT2D eigenvalue weighted by molar-refractivity contribution is 7.17. The lowest BCUT2D eigenvalue weighted by Crippen LogP contribution is -2.56. The van der Waals surface area contributed by atoms with Gasteiger partial charge in [0, 0.05) is 32.5 Å².